The first-order valence-corrected chi connectivity index (χ1v) is 8.60. The molecule has 1 amide bonds. The molecule has 0 spiro atoms. The number of halogens is 1. The smallest absolute Gasteiger partial charge is 0.253 e. The van der Waals surface area contributed by atoms with Gasteiger partial charge in [0.05, 0.1) is 0 Å². The molecule has 0 fully saturated rings. The van der Waals surface area contributed by atoms with Gasteiger partial charge in [-0.2, -0.15) is 0 Å². The molecule has 0 atom stereocenters. The molecular formula is C21H21FN4O. The lowest BCUT2D eigenvalue weighted by molar-refractivity contribution is 0.0784. The van der Waals surface area contributed by atoms with E-state index >= 15 is 0 Å². The summed E-state index contributed by atoms with van der Waals surface area (Å²) in [5.41, 5.74) is 3.42. The molecule has 0 aliphatic heterocycles. The number of hydrogen-bond donors (Lipinski definition) is 1. The summed E-state index contributed by atoms with van der Waals surface area (Å²) in [7, 11) is 1.65. The molecular weight excluding hydrogens is 343 g/mol. The second-order valence-corrected chi connectivity index (χ2v) is 6.43. The highest BCUT2D eigenvalue weighted by Crippen LogP contribution is 2.18. The number of amides is 1. The van der Waals surface area contributed by atoms with Crippen molar-refractivity contribution in [1.82, 2.24) is 14.9 Å². The minimum Gasteiger partial charge on any atom is -0.337 e. The maximum Gasteiger partial charge on any atom is 0.253 e. The van der Waals surface area contributed by atoms with E-state index in [1.807, 2.05) is 26.0 Å². The molecule has 3 aromatic rings. The zero-order valence-electron chi connectivity index (χ0n) is 15.5. The summed E-state index contributed by atoms with van der Waals surface area (Å²) in [5, 5.41) is 3.13. The van der Waals surface area contributed by atoms with Crippen molar-refractivity contribution in [3.05, 3.63) is 82.9 Å². The van der Waals surface area contributed by atoms with Gasteiger partial charge >= 0.3 is 0 Å². The van der Waals surface area contributed by atoms with E-state index < -0.39 is 0 Å². The molecule has 6 heteroatoms. The third-order valence-electron chi connectivity index (χ3n) is 4.06. The number of anilines is 2. The lowest BCUT2D eigenvalue weighted by Gasteiger charge is -2.18. The Morgan fingerprint density at radius 2 is 1.74 bits per heavy atom. The minimum absolute atomic E-state index is 0.191. The van der Waals surface area contributed by atoms with Gasteiger partial charge < -0.3 is 10.2 Å². The summed E-state index contributed by atoms with van der Waals surface area (Å²) in [5.74, 6) is -0.0282. The zero-order valence-corrected chi connectivity index (χ0v) is 15.5. The minimum atomic E-state index is -0.320. The van der Waals surface area contributed by atoms with Crippen LogP contribution < -0.4 is 5.32 Å². The van der Waals surface area contributed by atoms with E-state index in [4.69, 9.17) is 0 Å². The molecule has 0 saturated heterocycles. The van der Waals surface area contributed by atoms with Crippen molar-refractivity contribution in [1.29, 1.82) is 0 Å². The topological polar surface area (TPSA) is 58.1 Å². The van der Waals surface area contributed by atoms with Gasteiger partial charge in [0.1, 0.15) is 5.82 Å². The number of nitrogens with one attached hydrogen (secondary N) is 1. The summed E-state index contributed by atoms with van der Waals surface area (Å²) in [6.07, 6.45) is 0. The van der Waals surface area contributed by atoms with E-state index in [2.05, 4.69) is 15.3 Å². The van der Waals surface area contributed by atoms with Crippen molar-refractivity contribution in [2.75, 3.05) is 12.4 Å². The van der Waals surface area contributed by atoms with Crippen LogP contribution in [0.15, 0.2) is 54.6 Å². The second kappa shape index (κ2) is 7.95. The predicted octanol–water partition coefficient (Wildman–Crippen LogP) is 4.25. The van der Waals surface area contributed by atoms with Crippen LogP contribution in [0.5, 0.6) is 0 Å². The molecule has 3 rings (SSSR count). The average Bonchev–Trinajstić information content (AvgIpc) is 2.62. The lowest BCUT2D eigenvalue weighted by Crippen LogP contribution is -2.26. The van der Waals surface area contributed by atoms with Crippen molar-refractivity contribution >= 4 is 17.5 Å². The first kappa shape index (κ1) is 18.5. The Bertz CT molecular complexity index is 954. The fourth-order valence-electron chi connectivity index (χ4n) is 2.82. The van der Waals surface area contributed by atoms with Crippen molar-refractivity contribution in [2.45, 2.75) is 20.4 Å². The summed E-state index contributed by atoms with van der Waals surface area (Å²) in [6, 6.07) is 15.4. The number of rotatable bonds is 5. The molecule has 0 aliphatic carbocycles. The monoisotopic (exact) mass is 364 g/mol. The van der Waals surface area contributed by atoms with E-state index in [1.54, 1.807) is 43.4 Å². The highest BCUT2D eigenvalue weighted by Gasteiger charge is 2.14. The third kappa shape index (κ3) is 4.67. The Balaban J connectivity index is 1.76. The number of nitrogens with zero attached hydrogens (tertiary/aromatic N) is 3. The number of aryl methyl sites for hydroxylation is 2. The van der Waals surface area contributed by atoms with Crippen molar-refractivity contribution in [3.8, 4) is 0 Å². The predicted molar refractivity (Wildman–Crippen MR) is 103 cm³/mol. The van der Waals surface area contributed by atoms with Crippen LogP contribution >= 0.6 is 0 Å². The molecule has 138 valence electrons. The Hall–Kier alpha value is -3.28. The van der Waals surface area contributed by atoms with Crippen LogP contribution in [0.4, 0.5) is 16.0 Å². The van der Waals surface area contributed by atoms with Gasteiger partial charge in [0.2, 0.25) is 5.95 Å². The van der Waals surface area contributed by atoms with Gasteiger partial charge in [-0.25, -0.2) is 14.4 Å². The number of aromatic nitrogens is 2. The van der Waals surface area contributed by atoms with Crippen molar-refractivity contribution in [3.63, 3.8) is 0 Å². The maximum absolute atomic E-state index is 13.8. The van der Waals surface area contributed by atoms with Crippen LogP contribution in [0, 0.1) is 19.7 Å². The highest BCUT2D eigenvalue weighted by atomic mass is 19.1. The molecule has 0 aliphatic rings. The van der Waals surface area contributed by atoms with E-state index in [0.717, 1.165) is 11.4 Å². The highest BCUT2D eigenvalue weighted by molar-refractivity contribution is 5.95. The van der Waals surface area contributed by atoms with Crippen LogP contribution in [0.25, 0.3) is 0 Å². The van der Waals surface area contributed by atoms with Crippen LogP contribution in [0.3, 0.4) is 0 Å². The number of benzene rings is 2. The molecule has 1 N–H and O–H groups in total. The fraction of sp³-hybridized carbons (Fsp3) is 0.190. The molecule has 1 aromatic heterocycles. The summed E-state index contributed by atoms with van der Waals surface area (Å²) < 4.78 is 13.8. The Morgan fingerprint density at radius 1 is 1.04 bits per heavy atom. The standard InChI is InChI=1S/C21H21FN4O/c1-14-11-15(2)24-21(23-14)25-18-9-6-8-16(12-18)20(27)26(3)13-17-7-4-5-10-19(17)22/h4-12H,13H2,1-3H3,(H,23,24,25). The molecule has 27 heavy (non-hydrogen) atoms. The quantitative estimate of drug-likeness (QED) is 0.735. The van der Waals surface area contributed by atoms with Gasteiger partial charge in [-0.15, -0.1) is 0 Å². The molecule has 1 heterocycles. The van der Waals surface area contributed by atoms with E-state index in [0.29, 0.717) is 22.8 Å². The first-order chi connectivity index (χ1) is 12.9. The van der Waals surface area contributed by atoms with Crippen LogP contribution in [-0.2, 0) is 6.54 Å². The summed E-state index contributed by atoms with van der Waals surface area (Å²) >= 11 is 0. The van der Waals surface area contributed by atoms with Gasteiger partial charge in [0.15, 0.2) is 0 Å². The Labute approximate surface area is 157 Å². The molecule has 0 bridgehead atoms. The Morgan fingerprint density at radius 3 is 2.44 bits per heavy atom. The first-order valence-electron chi connectivity index (χ1n) is 8.60. The summed E-state index contributed by atoms with van der Waals surface area (Å²) in [6.45, 7) is 4.00. The van der Waals surface area contributed by atoms with Gasteiger partial charge in [-0.1, -0.05) is 24.3 Å². The molecule has 5 nitrogen and oxygen atoms in total. The van der Waals surface area contributed by atoms with Gasteiger partial charge in [0, 0.05) is 41.8 Å². The third-order valence-corrected chi connectivity index (χ3v) is 4.06. The number of hydrogen-bond acceptors (Lipinski definition) is 4. The maximum atomic E-state index is 13.8. The van der Waals surface area contributed by atoms with Gasteiger partial charge in [-0.05, 0) is 44.2 Å². The van der Waals surface area contributed by atoms with Crippen LogP contribution in [-0.4, -0.2) is 27.8 Å². The number of carbonyl (C=O) groups is 1. The van der Waals surface area contributed by atoms with Crippen LogP contribution in [0.1, 0.15) is 27.3 Å². The molecule has 0 radical (unpaired) electrons. The van der Waals surface area contributed by atoms with Gasteiger partial charge in [-0.3, -0.25) is 4.79 Å². The van der Waals surface area contributed by atoms with E-state index in [1.165, 1.54) is 11.0 Å². The van der Waals surface area contributed by atoms with Crippen molar-refractivity contribution < 1.29 is 9.18 Å². The SMILES string of the molecule is Cc1cc(C)nc(Nc2cccc(C(=O)N(C)Cc3ccccc3F)c2)n1. The average molecular weight is 364 g/mol. The molecule has 2 aromatic carbocycles. The van der Waals surface area contributed by atoms with Crippen LogP contribution in [0.2, 0.25) is 0 Å². The number of carbonyl (C=O) groups excluding carboxylic acids is 1. The van der Waals surface area contributed by atoms with Crippen molar-refractivity contribution in [2.24, 2.45) is 0 Å². The van der Waals surface area contributed by atoms with E-state index in [9.17, 15) is 9.18 Å². The fourth-order valence-corrected chi connectivity index (χ4v) is 2.82. The molecule has 0 saturated carbocycles. The molecule has 0 unspecified atom stereocenters. The normalized spacial score (nSPS) is 10.5. The summed E-state index contributed by atoms with van der Waals surface area (Å²) in [4.78, 5) is 22.9. The second-order valence-electron chi connectivity index (χ2n) is 6.43. The lowest BCUT2D eigenvalue weighted by atomic mass is 10.1. The zero-order chi connectivity index (χ0) is 19.4. The largest absolute Gasteiger partial charge is 0.337 e. The Kier molecular flexibility index (Phi) is 5.45. The van der Waals surface area contributed by atoms with Gasteiger partial charge in [0.25, 0.3) is 5.91 Å². The van der Waals surface area contributed by atoms with E-state index in [-0.39, 0.29) is 18.3 Å².